The van der Waals surface area contributed by atoms with Crippen LogP contribution in [-0.2, 0) is 0 Å². The molecule has 0 aromatic heterocycles. The fourth-order valence-corrected chi connectivity index (χ4v) is 1.66. The molecular weight excluding hydrogens is 208 g/mol. The van der Waals surface area contributed by atoms with Crippen molar-refractivity contribution in [2.45, 2.75) is 6.92 Å². The Morgan fingerprint density at radius 1 is 0.882 bits per heavy atom. The van der Waals surface area contributed by atoms with E-state index in [1.54, 1.807) is 0 Å². The minimum absolute atomic E-state index is 0.691. The zero-order chi connectivity index (χ0) is 11.9. The van der Waals surface area contributed by atoms with Crippen LogP contribution in [0.1, 0.15) is 18.1 Å². The van der Waals surface area contributed by atoms with E-state index in [-0.39, 0.29) is 0 Å². The molecule has 2 aromatic carbocycles. The molecule has 0 atom stereocenters. The van der Waals surface area contributed by atoms with E-state index in [0.717, 1.165) is 11.3 Å². The zero-order valence-electron chi connectivity index (χ0n) is 9.97. The van der Waals surface area contributed by atoms with Crippen molar-refractivity contribution in [1.29, 1.82) is 0 Å². The molecule has 0 radical (unpaired) electrons. The van der Waals surface area contributed by atoms with Gasteiger partial charge >= 0.3 is 0 Å². The highest BCUT2D eigenvalue weighted by Crippen LogP contribution is 2.20. The van der Waals surface area contributed by atoms with Crippen molar-refractivity contribution in [3.8, 4) is 5.75 Å². The Hall–Kier alpha value is -2.02. The maximum atomic E-state index is 5.57. The Morgan fingerprint density at radius 3 is 2.35 bits per heavy atom. The van der Waals surface area contributed by atoms with Crippen LogP contribution in [0.4, 0.5) is 0 Å². The van der Waals surface area contributed by atoms with Gasteiger partial charge < -0.3 is 4.74 Å². The normalized spacial score (nSPS) is 10.6. The molecular formula is C16H16O. The minimum Gasteiger partial charge on any atom is -0.493 e. The molecule has 1 nitrogen and oxygen atoms in total. The van der Waals surface area contributed by atoms with Crippen molar-refractivity contribution in [2.24, 2.45) is 0 Å². The first-order chi connectivity index (χ1) is 8.40. The van der Waals surface area contributed by atoms with Crippen LogP contribution in [0.2, 0.25) is 0 Å². The molecule has 86 valence electrons. The molecule has 0 bridgehead atoms. The van der Waals surface area contributed by atoms with Crippen molar-refractivity contribution in [3.05, 3.63) is 65.7 Å². The topological polar surface area (TPSA) is 9.23 Å². The largest absolute Gasteiger partial charge is 0.493 e. The summed E-state index contributed by atoms with van der Waals surface area (Å²) >= 11 is 0. The average Bonchev–Trinajstić information content (AvgIpc) is 2.39. The fourth-order valence-electron chi connectivity index (χ4n) is 1.66. The lowest BCUT2D eigenvalue weighted by atomic mass is 10.1. The van der Waals surface area contributed by atoms with Crippen molar-refractivity contribution in [3.63, 3.8) is 0 Å². The first-order valence-corrected chi connectivity index (χ1v) is 5.85. The Balaban J connectivity index is 2.21. The molecule has 0 aliphatic carbocycles. The van der Waals surface area contributed by atoms with Crippen LogP contribution in [0, 0.1) is 0 Å². The third kappa shape index (κ3) is 3.22. The molecule has 2 rings (SSSR count). The van der Waals surface area contributed by atoms with Crippen LogP contribution in [0.3, 0.4) is 0 Å². The first-order valence-electron chi connectivity index (χ1n) is 5.85. The van der Waals surface area contributed by atoms with Gasteiger partial charge in [-0.2, -0.15) is 0 Å². The lowest BCUT2D eigenvalue weighted by Crippen LogP contribution is -1.92. The molecule has 0 spiro atoms. The summed E-state index contributed by atoms with van der Waals surface area (Å²) in [5, 5.41) is 0. The summed E-state index contributed by atoms with van der Waals surface area (Å²) in [7, 11) is 0. The second kappa shape index (κ2) is 5.90. The van der Waals surface area contributed by atoms with E-state index >= 15 is 0 Å². The number of benzene rings is 2. The molecule has 0 aliphatic rings. The van der Waals surface area contributed by atoms with Gasteiger partial charge in [-0.25, -0.2) is 0 Å². The summed E-state index contributed by atoms with van der Waals surface area (Å²) in [5.41, 5.74) is 2.30. The first kappa shape index (κ1) is 11.5. The van der Waals surface area contributed by atoms with Gasteiger partial charge in [0.05, 0.1) is 6.61 Å². The molecule has 2 aromatic rings. The monoisotopic (exact) mass is 224 g/mol. The summed E-state index contributed by atoms with van der Waals surface area (Å²) in [6, 6.07) is 18.3. The summed E-state index contributed by atoms with van der Waals surface area (Å²) in [4.78, 5) is 0. The van der Waals surface area contributed by atoms with E-state index in [2.05, 4.69) is 30.4 Å². The maximum Gasteiger partial charge on any atom is 0.126 e. The summed E-state index contributed by atoms with van der Waals surface area (Å²) in [6.45, 7) is 2.69. The quantitative estimate of drug-likeness (QED) is 0.705. The number of hydrogen-bond donors (Lipinski definition) is 0. The summed E-state index contributed by atoms with van der Waals surface area (Å²) < 4.78 is 5.57. The highest BCUT2D eigenvalue weighted by atomic mass is 16.5. The highest BCUT2D eigenvalue weighted by molar-refractivity contribution is 5.72. The average molecular weight is 224 g/mol. The molecule has 0 amide bonds. The Kier molecular flexibility index (Phi) is 3.98. The van der Waals surface area contributed by atoms with E-state index in [9.17, 15) is 0 Å². The van der Waals surface area contributed by atoms with Crippen molar-refractivity contribution < 1.29 is 4.74 Å². The zero-order valence-corrected chi connectivity index (χ0v) is 9.97. The number of rotatable bonds is 4. The summed E-state index contributed by atoms with van der Waals surface area (Å²) in [5.74, 6) is 0.933. The van der Waals surface area contributed by atoms with Gasteiger partial charge in [-0.3, -0.25) is 0 Å². The Labute approximate surface area is 102 Å². The lowest BCUT2D eigenvalue weighted by Gasteiger charge is -2.06. The van der Waals surface area contributed by atoms with E-state index in [1.165, 1.54) is 5.56 Å². The molecule has 0 N–H and O–H groups in total. The van der Waals surface area contributed by atoms with Gasteiger partial charge in [-0.1, -0.05) is 60.7 Å². The summed E-state index contributed by atoms with van der Waals surface area (Å²) in [6.07, 6.45) is 4.18. The number of para-hydroxylation sites is 1. The predicted octanol–water partition coefficient (Wildman–Crippen LogP) is 4.26. The van der Waals surface area contributed by atoms with E-state index in [1.807, 2.05) is 43.3 Å². The van der Waals surface area contributed by atoms with Gasteiger partial charge in [0.1, 0.15) is 5.75 Å². The minimum atomic E-state index is 0.691. The lowest BCUT2D eigenvalue weighted by molar-refractivity contribution is 0.339. The third-order valence-electron chi connectivity index (χ3n) is 2.47. The van der Waals surface area contributed by atoms with Gasteiger partial charge in [0.2, 0.25) is 0 Å². The second-order valence-corrected chi connectivity index (χ2v) is 3.71. The molecule has 0 heterocycles. The molecule has 17 heavy (non-hydrogen) atoms. The van der Waals surface area contributed by atoms with Crippen molar-refractivity contribution in [1.82, 2.24) is 0 Å². The molecule has 0 aliphatic heterocycles. The van der Waals surface area contributed by atoms with Crippen LogP contribution in [-0.4, -0.2) is 6.61 Å². The molecule has 1 heteroatoms. The number of hydrogen-bond acceptors (Lipinski definition) is 1. The predicted molar refractivity (Wildman–Crippen MR) is 73.0 cm³/mol. The van der Waals surface area contributed by atoms with Gasteiger partial charge in [-0.15, -0.1) is 0 Å². The van der Waals surface area contributed by atoms with Crippen LogP contribution >= 0.6 is 0 Å². The van der Waals surface area contributed by atoms with Gasteiger partial charge in [0.15, 0.2) is 0 Å². The van der Waals surface area contributed by atoms with E-state index < -0.39 is 0 Å². The van der Waals surface area contributed by atoms with Crippen molar-refractivity contribution >= 4 is 12.2 Å². The Morgan fingerprint density at radius 2 is 1.59 bits per heavy atom. The number of ether oxygens (including phenoxy) is 1. The van der Waals surface area contributed by atoms with E-state index in [4.69, 9.17) is 4.74 Å². The van der Waals surface area contributed by atoms with Gasteiger partial charge in [0, 0.05) is 5.56 Å². The second-order valence-electron chi connectivity index (χ2n) is 3.71. The van der Waals surface area contributed by atoms with Gasteiger partial charge in [-0.05, 0) is 18.6 Å². The third-order valence-corrected chi connectivity index (χ3v) is 2.47. The maximum absolute atomic E-state index is 5.57. The SMILES string of the molecule is CCOc1ccccc1C=Cc1ccccc1. The van der Waals surface area contributed by atoms with E-state index in [0.29, 0.717) is 6.61 Å². The van der Waals surface area contributed by atoms with Crippen LogP contribution in [0.5, 0.6) is 5.75 Å². The van der Waals surface area contributed by atoms with Crippen LogP contribution in [0.25, 0.3) is 12.2 Å². The molecule has 0 unspecified atom stereocenters. The fraction of sp³-hybridized carbons (Fsp3) is 0.125. The van der Waals surface area contributed by atoms with Crippen LogP contribution < -0.4 is 4.74 Å². The van der Waals surface area contributed by atoms with Crippen LogP contribution in [0.15, 0.2) is 54.6 Å². The highest BCUT2D eigenvalue weighted by Gasteiger charge is 1.97. The molecule has 0 fully saturated rings. The van der Waals surface area contributed by atoms with Gasteiger partial charge in [0.25, 0.3) is 0 Å². The smallest absolute Gasteiger partial charge is 0.126 e. The Bertz CT molecular complexity index is 486. The molecule has 0 saturated carbocycles. The molecule has 0 saturated heterocycles. The standard InChI is InChI=1S/C16H16O/c1-2-17-16-11-7-6-10-15(16)13-12-14-8-4-3-5-9-14/h3-13H,2H2,1H3. The van der Waals surface area contributed by atoms with Crippen molar-refractivity contribution in [2.75, 3.05) is 6.61 Å².